The summed E-state index contributed by atoms with van der Waals surface area (Å²) in [5.41, 5.74) is -0.685. The largest absolute Gasteiger partial charge is 0.487 e. The molecule has 0 aliphatic heterocycles. The first-order valence-corrected chi connectivity index (χ1v) is 12.0. The van der Waals surface area contributed by atoms with Crippen LogP contribution in [0.15, 0.2) is 72.8 Å². The molecule has 2 heteroatoms. The Morgan fingerprint density at radius 1 is 0.441 bits per heavy atom. The molecule has 0 saturated heterocycles. The number of hydrogen-bond acceptors (Lipinski definition) is 2. The fourth-order valence-corrected chi connectivity index (χ4v) is 5.34. The number of rotatable bonds is 2. The van der Waals surface area contributed by atoms with Crippen molar-refractivity contribution in [2.75, 3.05) is 0 Å². The van der Waals surface area contributed by atoms with E-state index < -0.39 is 0 Å². The van der Waals surface area contributed by atoms with Crippen LogP contribution in [0.1, 0.15) is 41.5 Å². The molecule has 170 valence electrons. The third kappa shape index (κ3) is 3.16. The average Bonchev–Trinajstić information content (AvgIpc) is 2.77. The molecule has 0 aromatic heterocycles. The van der Waals surface area contributed by atoms with Crippen LogP contribution in [0.4, 0.5) is 0 Å². The van der Waals surface area contributed by atoms with E-state index in [1.54, 1.807) is 0 Å². The summed E-state index contributed by atoms with van der Waals surface area (Å²) >= 11 is 0. The van der Waals surface area contributed by atoms with Crippen LogP contribution in [0.3, 0.4) is 0 Å². The minimum atomic E-state index is -0.353. The van der Waals surface area contributed by atoms with Crippen LogP contribution in [-0.4, -0.2) is 11.2 Å². The predicted molar refractivity (Wildman–Crippen MR) is 146 cm³/mol. The Bertz CT molecular complexity index is 1710. The van der Waals surface area contributed by atoms with Gasteiger partial charge in [0.15, 0.2) is 0 Å². The Balaban J connectivity index is 1.96. The molecule has 0 aliphatic rings. The van der Waals surface area contributed by atoms with E-state index in [9.17, 15) is 0 Å². The van der Waals surface area contributed by atoms with Crippen molar-refractivity contribution >= 4 is 53.9 Å². The van der Waals surface area contributed by atoms with Gasteiger partial charge in [-0.3, -0.25) is 0 Å². The van der Waals surface area contributed by atoms with Gasteiger partial charge in [0, 0.05) is 10.8 Å². The lowest BCUT2D eigenvalue weighted by molar-refractivity contribution is 0.127. The molecule has 0 aliphatic carbocycles. The first kappa shape index (κ1) is 21.0. The van der Waals surface area contributed by atoms with Crippen LogP contribution >= 0.6 is 0 Å². The van der Waals surface area contributed by atoms with Crippen LogP contribution in [-0.2, 0) is 0 Å². The number of ether oxygens (including phenoxy) is 2. The molecule has 0 radical (unpaired) electrons. The smallest absolute Gasteiger partial charge is 0.139 e. The topological polar surface area (TPSA) is 18.5 Å². The maximum atomic E-state index is 6.74. The highest BCUT2D eigenvalue weighted by atomic mass is 16.5. The van der Waals surface area contributed by atoms with E-state index >= 15 is 0 Å². The third-order valence-corrected chi connectivity index (χ3v) is 6.37. The Labute approximate surface area is 200 Å². The quantitative estimate of drug-likeness (QED) is 0.195. The number of benzene rings is 6. The summed E-state index contributed by atoms with van der Waals surface area (Å²) in [7, 11) is 0. The van der Waals surface area contributed by atoms with Gasteiger partial charge in [-0.15, -0.1) is 0 Å². The zero-order valence-electron chi connectivity index (χ0n) is 20.7. The van der Waals surface area contributed by atoms with Gasteiger partial charge in [0.1, 0.15) is 22.7 Å². The van der Waals surface area contributed by atoms with Crippen molar-refractivity contribution < 1.29 is 9.47 Å². The van der Waals surface area contributed by atoms with Gasteiger partial charge in [-0.1, -0.05) is 66.7 Å². The van der Waals surface area contributed by atoms with Crippen LogP contribution in [0, 0.1) is 0 Å². The number of fused-ring (bicyclic) bond motifs is 4. The lowest BCUT2D eigenvalue weighted by atomic mass is 9.86. The lowest BCUT2D eigenvalue weighted by Crippen LogP contribution is -2.25. The molecule has 0 N–H and O–H groups in total. The summed E-state index contributed by atoms with van der Waals surface area (Å²) in [6.07, 6.45) is 0. The van der Waals surface area contributed by atoms with Crippen molar-refractivity contribution in [2.45, 2.75) is 52.7 Å². The van der Waals surface area contributed by atoms with Gasteiger partial charge < -0.3 is 9.47 Å². The van der Waals surface area contributed by atoms with E-state index in [1.165, 1.54) is 43.1 Å². The Hall–Kier alpha value is -3.52. The molecular formula is C32H30O2. The summed E-state index contributed by atoms with van der Waals surface area (Å²) < 4.78 is 13.3. The van der Waals surface area contributed by atoms with Crippen LogP contribution in [0.25, 0.3) is 53.9 Å². The summed E-state index contributed by atoms with van der Waals surface area (Å²) in [6.45, 7) is 12.6. The maximum Gasteiger partial charge on any atom is 0.139 e. The minimum Gasteiger partial charge on any atom is -0.487 e. The van der Waals surface area contributed by atoms with E-state index in [0.717, 1.165) is 22.3 Å². The standard InChI is InChI=1S/C32H30O2/c1-31(2,3)33-25-18-17-22-20-15-9-11-19-12-10-16-24(26(19)20)27-21-13-7-8-14-23(21)30(29(25)28(22)27)34-32(4,5)6/h7-18H,1-6H3. The summed E-state index contributed by atoms with van der Waals surface area (Å²) in [5, 5.41) is 12.2. The Morgan fingerprint density at radius 3 is 1.68 bits per heavy atom. The van der Waals surface area contributed by atoms with Crippen LogP contribution < -0.4 is 9.47 Å². The zero-order chi connectivity index (χ0) is 23.8. The molecule has 6 aromatic rings. The molecule has 0 atom stereocenters. The lowest BCUT2D eigenvalue weighted by Gasteiger charge is -2.28. The van der Waals surface area contributed by atoms with Crippen molar-refractivity contribution in [2.24, 2.45) is 0 Å². The van der Waals surface area contributed by atoms with Gasteiger partial charge in [0.25, 0.3) is 0 Å². The normalized spacial score (nSPS) is 13.0. The molecule has 2 nitrogen and oxygen atoms in total. The fourth-order valence-electron chi connectivity index (χ4n) is 5.34. The SMILES string of the molecule is CC(C)(C)Oc1ccc2c3cccc4cccc(c43)c3c4ccccc4c(OC(C)(C)C)c1c23. The highest BCUT2D eigenvalue weighted by Crippen LogP contribution is 2.51. The predicted octanol–water partition coefficient (Wildman–Crippen LogP) is 9.24. The van der Waals surface area contributed by atoms with Gasteiger partial charge in [0.05, 0.1) is 5.39 Å². The van der Waals surface area contributed by atoms with Crippen molar-refractivity contribution in [1.82, 2.24) is 0 Å². The average molecular weight is 447 g/mol. The molecule has 6 rings (SSSR count). The first-order valence-electron chi connectivity index (χ1n) is 12.0. The first-order chi connectivity index (χ1) is 16.1. The van der Waals surface area contributed by atoms with Crippen molar-refractivity contribution in [1.29, 1.82) is 0 Å². The highest BCUT2D eigenvalue weighted by molar-refractivity contribution is 6.39. The van der Waals surface area contributed by atoms with Gasteiger partial charge in [-0.25, -0.2) is 0 Å². The second-order valence-corrected chi connectivity index (χ2v) is 11.2. The van der Waals surface area contributed by atoms with E-state index in [0.29, 0.717) is 0 Å². The summed E-state index contributed by atoms with van der Waals surface area (Å²) in [6, 6.07) is 26.2. The second kappa shape index (κ2) is 6.99. The summed E-state index contributed by atoms with van der Waals surface area (Å²) in [4.78, 5) is 0. The highest BCUT2D eigenvalue weighted by Gasteiger charge is 2.26. The van der Waals surface area contributed by atoms with E-state index in [1.807, 2.05) is 0 Å². The molecule has 0 amide bonds. The van der Waals surface area contributed by atoms with Crippen LogP contribution in [0.5, 0.6) is 11.5 Å². The molecule has 0 bridgehead atoms. The fraction of sp³-hybridized carbons (Fsp3) is 0.250. The minimum absolute atomic E-state index is 0.332. The molecule has 34 heavy (non-hydrogen) atoms. The van der Waals surface area contributed by atoms with E-state index in [2.05, 4.69) is 114 Å². The molecule has 0 fully saturated rings. The van der Waals surface area contributed by atoms with Crippen LogP contribution in [0.2, 0.25) is 0 Å². The maximum absolute atomic E-state index is 6.74. The second-order valence-electron chi connectivity index (χ2n) is 11.2. The molecule has 0 saturated carbocycles. The molecule has 0 spiro atoms. The monoisotopic (exact) mass is 446 g/mol. The number of hydrogen-bond donors (Lipinski definition) is 0. The van der Waals surface area contributed by atoms with E-state index in [4.69, 9.17) is 9.47 Å². The Morgan fingerprint density at radius 2 is 1.00 bits per heavy atom. The molecular weight excluding hydrogens is 416 g/mol. The van der Waals surface area contributed by atoms with Gasteiger partial charge in [0.2, 0.25) is 0 Å². The molecule has 0 unspecified atom stereocenters. The van der Waals surface area contributed by atoms with Gasteiger partial charge >= 0.3 is 0 Å². The molecule has 6 aromatic carbocycles. The van der Waals surface area contributed by atoms with Gasteiger partial charge in [-0.2, -0.15) is 0 Å². The van der Waals surface area contributed by atoms with Crippen molar-refractivity contribution in [3.05, 3.63) is 72.8 Å². The van der Waals surface area contributed by atoms with Crippen molar-refractivity contribution in [3.8, 4) is 11.5 Å². The zero-order valence-corrected chi connectivity index (χ0v) is 20.7. The Kier molecular flexibility index (Phi) is 4.33. The van der Waals surface area contributed by atoms with E-state index in [-0.39, 0.29) is 11.2 Å². The third-order valence-electron chi connectivity index (χ3n) is 6.37. The molecule has 0 heterocycles. The summed E-state index contributed by atoms with van der Waals surface area (Å²) in [5.74, 6) is 1.76. The van der Waals surface area contributed by atoms with Gasteiger partial charge in [-0.05, 0) is 85.3 Å². The van der Waals surface area contributed by atoms with Crippen molar-refractivity contribution in [3.63, 3.8) is 0 Å².